The van der Waals surface area contributed by atoms with Gasteiger partial charge in [-0.2, -0.15) is 0 Å². The van der Waals surface area contributed by atoms with Crippen molar-refractivity contribution in [3.8, 4) is 0 Å². The van der Waals surface area contributed by atoms with Crippen molar-refractivity contribution in [3.63, 3.8) is 0 Å². The molecule has 1 unspecified atom stereocenters. The lowest BCUT2D eigenvalue weighted by Crippen LogP contribution is -2.42. The van der Waals surface area contributed by atoms with Crippen molar-refractivity contribution >= 4 is 13.8 Å². The van der Waals surface area contributed by atoms with E-state index in [4.69, 9.17) is 9.26 Å². The minimum Gasteiger partial charge on any atom is -0.464 e. The molecule has 0 aromatic rings. The second-order valence-corrected chi connectivity index (χ2v) is 13.5. The topological polar surface area (TPSA) is 93.1 Å². The van der Waals surface area contributed by atoms with Gasteiger partial charge in [0, 0.05) is 0 Å². The predicted molar refractivity (Wildman–Crippen MR) is 173 cm³/mol. The Balaban J connectivity index is 4.68. The Morgan fingerprint density at radius 2 is 0.805 bits per heavy atom. The number of unbranched alkanes of at least 4 members (excludes halogenated alkanes) is 23. The van der Waals surface area contributed by atoms with Crippen LogP contribution in [0.15, 0.2) is 0 Å². The van der Waals surface area contributed by atoms with Gasteiger partial charge >= 0.3 is 13.8 Å². The third-order valence-electron chi connectivity index (χ3n) is 8.27. The molecule has 246 valence electrons. The maximum Gasteiger partial charge on any atom is 0.470 e. The molecular weight excluding hydrogens is 535 g/mol. The number of ether oxygens (including phenoxy) is 1. The molecule has 0 radical (unpaired) electrons. The predicted octanol–water partition coefficient (Wildman–Crippen LogP) is 11.4. The molecule has 0 aromatic carbocycles. The fourth-order valence-corrected chi connectivity index (χ4v) is 6.37. The van der Waals surface area contributed by atoms with Gasteiger partial charge < -0.3 is 14.5 Å². The molecule has 0 saturated carbocycles. The number of carbonyl (C=O) groups excluding carboxylic acids is 1. The highest BCUT2D eigenvalue weighted by Gasteiger charge is 2.45. The number of carbonyl (C=O) groups is 1. The molecule has 0 aromatic heterocycles. The van der Waals surface area contributed by atoms with Crippen LogP contribution in [0.4, 0.5) is 0 Å². The highest BCUT2D eigenvalue weighted by Crippen LogP contribution is 2.46. The Bertz CT molecular complexity index is 622. The highest BCUT2D eigenvalue weighted by molar-refractivity contribution is 7.46. The standard InChI is InChI=1S/C34H69O6P/c1-4-7-10-13-16-17-18-19-20-21-22-23-25-28-31-34(40-41(36,37)38,30-27-24-14-11-8-5-2)33(35)39-32-29-26-15-12-9-6-3/h4-32H2,1-3H3,(H2,36,37,38). The first-order valence-corrected chi connectivity index (χ1v) is 19.3. The fraction of sp³-hybridized carbons (Fsp3) is 0.971. The van der Waals surface area contributed by atoms with E-state index >= 15 is 0 Å². The van der Waals surface area contributed by atoms with Gasteiger partial charge in [-0.05, 0) is 32.1 Å². The Labute approximate surface area is 254 Å². The lowest BCUT2D eigenvalue weighted by Gasteiger charge is -2.32. The second-order valence-electron chi connectivity index (χ2n) is 12.3. The Morgan fingerprint density at radius 3 is 1.12 bits per heavy atom. The summed E-state index contributed by atoms with van der Waals surface area (Å²) >= 11 is 0. The largest absolute Gasteiger partial charge is 0.470 e. The summed E-state index contributed by atoms with van der Waals surface area (Å²) in [6.45, 7) is 6.90. The van der Waals surface area contributed by atoms with Gasteiger partial charge in [0.05, 0.1) is 6.61 Å². The molecule has 0 aliphatic heterocycles. The van der Waals surface area contributed by atoms with E-state index in [0.29, 0.717) is 25.7 Å². The molecule has 6 nitrogen and oxygen atoms in total. The van der Waals surface area contributed by atoms with Gasteiger partial charge in [-0.15, -0.1) is 0 Å². The summed E-state index contributed by atoms with van der Waals surface area (Å²) < 4.78 is 23.0. The number of hydrogen-bond donors (Lipinski definition) is 2. The van der Waals surface area contributed by atoms with E-state index in [1.54, 1.807) is 0 Å². The van der Waals surface area contributed by atoms with Crippen LogP contribution in [0.25, 0.3) is 0 Å². The van der Waals surface area contributed by atoms with Crippen molar-refractivity contribution in [3.05, 3.63) is 0 Å². The minimum atomic E-state index is -4.85. The molecular formula is C34H69O6P. The van der Waals surface area contributed by atoms with Gasteiger partial charge in [-0.3, -0.25) is 4.52 Å². The third-order valence-corrected chi connectivity index (χ3v) is 8.85. The fourth-order valence-electron chi connectivity index (χ4n) is 5.66. The molecule has 0 fully saturated rings. The Kier molecular flexibility index (Phi) is 28.1. The Hall–Kier alpha value is -0.420. The highest BCUT2D eigenvalue weighted by atomic mass is 31.2. The number of phosphoric acid groups is 1. The van der Waals surface area contributed by atoms with Gasteiger partial charge in [0.15, 0.2) is 5.60 Å². The van der Waals surface area contributed by atoms with Crippen LogP contribution in [0.2, 0.25) is 0 Å². The summed E-state index contributed by atoms with van der Waals surface area (Å²) in [5.41, 5.74) is -1.55. The van der Waals surface area contributed by atoms with E-state index in [1.165, 1.54) is 96.3 Å². The average Bonchev–Trinajstić information content (AvgIpc) is 2.93. The lowest BCUT2D eigenvalue weighted by atomic mass is 9.89. The average molecular weight is 605 g/mol. The molecule has 0 amide bonds. The lowest BCUT2D eigenvalue weighted by molar-refractivity contribution is -0.166. The number of esters is 1. The number of rotatable bonds is 32. The molecule has 0 heterocycles. The van der Waals surface area contributed by atoms with Gasteiger partial charge in [-0.25, -0.2) is 9.36 Å². The van der Waals surface area contributed by atoms with Gasteiger partial charge in [0.2, 0.25) is 0 Å². The minimum absolute atomic E-state index is 0.284. The molecule has 0 bridgehead atoms. The van der Waals surface area contributed by atoms with Crippen LogP contribution in [-0.2, 0) is 18.6 Å². The second kappa shape index (κ2) is 28.4. The first-order chi connectivity index (χ1) is 19.8. The summed E-state index contributed by atoms with van der Waals surface area (Å²) in [5, 5.41) is 0. The van der Waals surface area contributed by atoms with Crippen molar-refractivity contribution in [1.82, 2.24) is 0 Å². The van der Waals surface area contributed by atoms with Gasteiger partial charge in [-0.1, -0.05) is 168 Å². The SMILES string of the molecule is CCCCCCCCCCCCCCCCC(CCCCCCCC)(OP(=O)(O)O)C(=O)OCCCCCCCC. The molecule has 1 atom stereocenters. The zero-order valence-corrected chi connectivity index (χ0v) is 28.4. The van der Waals surface area contributed by atoms with E-state index in [9.17, 15) is 19.1 Å². The molecule has 0 aliphatic carbocycles. The van der Waals surface area contributed by atoms with Crippen LogP contribution >= 0.6 is 7.82 Å². The smallest absolute Gasteiger partial charge is 0.464 e. The number of phosphoric ester groups is 1. The van der Waals surface area contributed by atoms with E-state index in [2.05, 4.69) is 20.8 Å². The summed E-state index contributed by atoms with van der Waals surface area (Å²) in [6.07, 6.45) is 30.5. The van der Waals surface area contributed by atoms with Gasteiger partial charge in [0.1, 0.15) is 0 Å². The van der Waals surface area contributed by atoms with Crippen molar-refractivity contribution in [2.75, 3.05) is 6.61 Å². The van der Waals surface area contributed by atoms with Crippen LogP contribution in [0.1, 0.15) is 201 Å². The van der Waals surface area contributed by atoms with E-state index in [0.717, 1.165) is 57.8 Å². The number of hydrogen-bond acceptors (Lipinski definition) is 4. The molecule has 2 N–H and O–H groups in total. The third kappa shape index (κ3) is 25.8. The van der Waals surface area contributed by atoms with Crippen molar-refractivity contribution in [2.45, 2.75) is 206 Å². The van der Waals surface area contributed by atoms with Crippen LogP contribution in [0.3, 0.4) is 0 Å². The van der Waals surface area contributed by atoms with E-state index in [1.807, 2.05) is 0 Å². The first kappa shape index (κ1) is 40.6. The molecule has 0 spiro atoms. The monoisotopic (exact) mass is 604 g/mol. The van der Waals surface area contributed by atoms with Gasteiger partial charge in [0.25, 0.3) is 0 Å². The van der Waals surface area contributed by atoms with Crippen LogP contribution in [0.5, 0.6) is 0 Å². The summed E-state index contributed by atoms with van der Waals surface area (Å²) in [7, 11) is -4.85. The molecule has 0 aliphatic rings. The maximum atomic E-state index is 13.3. The quantitative estimate of drug-likeness (QED) is 0.0451. The normalized spacial score (nSPS) is 13.4. The van der Waals surface area contributed by atoms with Crippen LogP contribution < -0.4 is 0 Å². The zero-order valence-electron chi connectivity index (χ0n) is 27.5. The molecule has 0 saturated heterocycles. The Morgan fingerprint density at radius 1 is 0.512 bits per heavy atom. The maximum absolute atomic E-state index is 13.3. The first-order valence-electron chi connectivity index (χ1n) is 17.7. The summed E-state index contributed by atoms with van der Waals surface area (Å²) in [6, 6.07) is 0. The van der Waals surface area contributed by atoms with Crippen LogP contribution in [0, 0.1) is 0 Å². The van der Waals surface area contributed by atoms with E-state index in [-0.39, 0.29) is 6.61 Å². The van der Waals surface area contributed by atoms with E-state index < -0.39 is 19.4 Å². The summed E-state index contributed by atoms with van der Waals surface area (Å²) in [4.78, 5) is 32.8. The zero-order chi connectivity index (χ0) is 30.5. The van der Waals surface area contributed by atoms with Crippen molar-refractivity contribution in [2.24, 2.45) is 0 Å². The van der Waals surface area contributed by atoms with Crippen molar-refractivity contribution < 1.29 is 28.4 Å². The summed E-state index contributed by atoms with van der Waals surface area (Å²) in [5.74, 6) is -0.586. The van der Waals surface area contributed by atoms with Crippen LogP contribution in [-0.4, -0.2) is 28.0 Å². The van der Waals surface area contributed by atoms with Crippen molar-refractivity contribution in [1.29, 1.82) is 0 Å². The molecule has 41 heavy (non-hydrogen) atoms. The molecule has 7 heteroatoms. The molecule has 0 rings (SSSR count).